The molecule has 3 N–H and O–H groups in total. The molecule has 0 aliphatic rings. The van der Waals surface area contributed by atoms with Gasteiger partial charge in [0.15, 0.2) is 0 Å². The quantitative estimate of drug-likeness (QED) is 0.433. The summed E-state index contributed by atoms with van der Waals surface area (Å²) in [6, 6.07) is 5.00. The first-order valence-electron chi connectivity index (χ1n) is 6.63. The van der Waals surface area contributed by atoms with E-state index < -0.39 is 0 Å². The molecule has 0 radical (unpaired) electrons. The summed E-state index contributed by atoms with van der Waals surface area (Å²) in [5.41, 5.74) is 10.6. The van der Waals surface area contributed by atoms with Crippen molar-refractivity contribution in [2.24, 2.45) is 5.73 Å². The van der Waals surface area contributed by atoms with Crippen molar-refractivity contribution in [3.63, 3.8) is 0 Å². The minimum atomic E-state index is -0.382. The number of hydrogen-bond acceptors (Lipinski definition) is 5. The Morgan fingerprint density at radius 1 is 1.55 bits per heavy atom. The van der Waals surface area contributed by atoms with Crippen molar-refractivity contribution in [3.8, 4) is 0 Å². The largest absolute Gasteiger partial charge is 0.328 e. The molecule has 0 spiro atoms. The molecule has 0 bridgehead atoms. The SMILES string of the molecule is CCCC=C(NOCCN)c1ccc([N+](=O)[O-])c(C)c1. The van der Waals surface area contributed by atoms with Gasteiger partial charge in [0.1, 0.15) is 0 Å². The first-order chi connectivity index (χ1) is 9.60. The number of hydroxylamine groups is 1. The Kier molecular flexibility index (Phi) is 6.69. The van der Waals surface area contributed by atoms with Gasteiger partial charge >= 0.3 is 0 Å². The van der Waals surface area contributed by atoms with Crippen LogP contribution in [0.2, 0.25) is 0 Å². The fourth-order valence-electron chi connectivity index (χ4n) is 1.72. The molecule has 1 rings (SSSR count). The third-order valence-electron chi connectivity index (χ3n) is 2.74. The summed E-state index contributed by atoms with van der Waals surface area (Å²) in [6.45, 7) is 4.62. The van der Waals surface area contributed by atoms with Crippen LogP contribution in [0, 0.1) is 17.0 Å². The van der Waals surface area contributed by atoms with E-state index in [4.69, 9.17) is 10.6 Å². The fraction of sp³-hybridized carbons (Fsp3) is 0.429. The minimum absolute atomic E-state index is 0.117. The van der Waals surface area contributed by atoms with E-state index in [2.05, 4.69) is 12.4 Å². The van der Waals surface area contributed by atoms with Crippen LogP contribution in [0.1, 0.15) is 30.9 Å². The van der Waals surface area contributed by atoms with Crippen LogP contribution in [0.25, 0.3) is 5.70 Å². The van der Waals surface area contributed by atoms with Crippen molar-refractivity contribution in [1.82, 2.24) is 5.48 Å². The molecule has 0 aliphatic heterocycles. The molecule has 1 aromatic carbocycles. The fourth-order valence-corrected chi connectivity index (χ4v) is 1.72. The molecule has 0 amide bonds. The van der Waals surface area contributed by atoms with Crippen LogP contribution >= 0.6 is 0 Å². The molecule has 20 heavy (non-hydrogen) atoms. The second-order valence-electron chi connectivity index (χ2n) is 4.40. The highest BCUT2D eigenvalue weighted by atomic mass is 16.6. The number of nitrogens with one attached hydrogen (secondary N) is 1. The number of aryl methyl sites for hydroxylation is 1. The molecule has 0 atom stereocenters. The summed E-state index contributed by atoms with van der Waals surface area (Å²) in [6.07, 6.45) is 3.91. The predicted octanol–water partition coefficient (Wildman–Crippen LogP) is 2.52. The van der Waals surface area contributed by atoms with E-state index in [1.807, 2.05) is 6.08 Å². The zero-order chi connectivity index (χ0) is 15.0. The van der Waals surface area contributed by atoms with Gasteiger partial charge in [-0.1, -0.05) is 19.4 Å². The molecule has 0 aliphatic carbocycles. The van der Waals surface area contributed by atoms with Crippen molar-refractivity contribution in [2.75, 3.05) is 13.2 Å². The second kappa shape index (κ2) is 8.29. The van der Waals surface area contributed by atoms with Gasteiger partial charge in [-0.15, -0.1) is 0 Å². The van der Waals surface area contributed by atoms with Gasteiger partial charge in [0.2, 0.25) is 0 Å². The van der Waals surface area contributed by atoms with Gasteiger partial charge in [0.05, 0.1) is 17.2 Å². The molecule has 0 fully saturated rings. The lowest BCUT2D eigenvalue weighted by molar-refractivity contribution is -0.385. The van der Waals surface area contributed by atoms with Crippen LogP contribution in [0.4, 0.5) is 5.69 Å². The summed E-state index contributed by atoms with van der Waals surface area (Å²) in [5, 5.41) is 10.8. The number of nitro benzene ring substituents is 1. The first kappa shape index (κ1) is 16.1. The number of unbranched alkanes of at least 4 members (excludes halogenated alkanes) is 1. The molecule has 1 aromatic rings. The van der Waals surface area contributed by atoms with E-state index in [1.54, 1.807) is 19.1 Å². The molecule has 0 heterocycles. The number of benzene rings is 1. The topological polar surface area (TPSA) is 90.4 Å². The van der Waals surface area contributed by atoms with Crippen molar-refractivity contribution in [3.05, 3.63) is 45.5 Å². The van der Waals surface area contributed by atoms with Gasteiger partial charge in [0, 0.05) is 23.7 Å². The highest BCUT2D eigenvalue weighted by Crippen LogP contribution is 2.22. The maximum absolute atomic E-state index is 10.8. The lowest BCUT2D eigenvalue weighted by Gasteiger charge is -2.12. The van der Waals surface area contributed by atoms with Crippen molar-refractivity contribution < 1.29 is 9.76 Å². The second-order valence-corrected chi connectivity index (χ2v) is 4.40. The molecule has 6 heteroatoms. The van der Waals surface area contributed by atoms with Gasteiger partial charge in [0.25, 0.3) is 5.69 Å². The van der Waals surface area contributed by atoms with Gasteiger partial charge < -0.3 is 5.73 Å². The predicted molar refractivity (Wildman–Crippen MR) is 78.9 cm³/mol. The molecule has 0 saturated heterocycles. The first-order valence-corrected chi connectivity index (χ1v) is 6.63. The molecule has 6 nitrogen and oxygen atoms in total. The van der Waals surface area contributed by atoms with Crippen LogP contribution in [0.5, 0.6) is 0 Å². The molecular formula is C14H21N3O3. The zero-order valence-electron chi connectivity index (χ0n) is 11.9. The van der Waals surface area contributed by atoms with E-state index in [0.29, 0.717) is 18.7 Å². The number of nitrogens with zero attached hydrogens (tertiary/aromatic N) is 1. The maximum Gasteiger partial charge on any atom is 0.272 e. The van der Waals surface area contributed by atoms with Crippen LogP contribution in [-0.4, -0.2) is 18.1 Å². The monoisotopic (exact) mass is 279 g/mol. The van der Waals surface area contributed by atoms with Crippen molar-refractivity contribution >= 4 is 11.4 Å². The Balaban J connectivity index is 2.95. The summed E-state index contributed by atoms with van der Waals surface area (Å²) in [7, 11) is 0. The molecular weight excluding hydrogens is 258 g/mol. The van der Waals surface area contributed by atoms with Crippen molar-refractivity contribution in [2.45, 2.75) is 26.7 Å². The minimum Gasteiger partial charge on any atom is -0.328 e. The van der Waals surface area contributed by atoms with E-state index in [9.17, 15) is 10.1 Å². The normalized spacial score (nSPS) is 11.4. The van der Waals surface area contributed by atoms with Gasteiger partial charge in [-0.05, 0) is 25.5 Å². The van der Waals surface area contributed by atoms with Gasteiger partial charge in [-0.2, -0.15) is 0 Å². The third-order valence-corrected chi connectivity index (χ3v) is 2.74. The number of nitrogens with two attached hydrogens (primary N) is 1. The van der Waals surface area contributed by atoms with E-state index >= 15 is 0 Å². The average Bonchev–Trinajstić information content (AvgIpc) is 2.42. The summed E-state index contributed by atoms with van der Waals surface area (Å²) < 4.78 is 0. The lowest BCUT2D eigenvalue weighted by Crippen LogP contribution is -2.19. The standard InChI is InChI=1S/C14H21N3O3/c1-3-4-5-13(16-20-9-8-15)12-6-7-14(17(18)19)11(2)10-12/h5-7,10,16H,3-4,8-9,15H2,1-2H3. The molecule has 0 aromatic heterocycles. The Morgan fingerprint density at radius 3 is 2.85 bits per heavy atom. The van der Waals surface area contributed by atoms with E-state index in [1.165, 1.54) is 6.07 Å². The Labute approximate surface area is 118 Å². The highest BCUT2D eigenvalue weighted by molar-refractivity contribution is 5.65. The number of hydrogen-bond donors (Lipinski definition) is 2. The molecule has 110 valence electrons. The van der Waals surface area contributed by atoms with Gasteiger partial charge in [-0.25, -0.2) is 0 Å². The highest BCUT2D eigenvalue weighted by Gasteiger charge is 2.12. The smallest absolute Gasteiger partial charge is 0.272 e. The Bertz CT molecular complexity index is 487. The van der Waals surface area contributed by atoms with E-state index in [0.717, 1.165) is 24.1 Å². The summed E-state index contributed by atoms with van der Waals surface area (Å²) in [4.78, 5) is 15.7. The number of rotatable bonds is 8. The van der Waals surface area contributed by atoms with Crippen LogP contribution in [0.15, 0.2) is 24.3 Å². The van der Waals surface area contributed by atoms with Crippen molar-refractivity contribution in [1.29, 1.82) is 0 Å². The van der Waals surface area contributed by atoms with Crippen LogP contribution in [0.3, 0.4) is 0 Å². The lowest BCUT2D eigenvalue weighted by atomic mass is 10.1. The molecule has 0 unspecified atom stereocenters. The van der Waals surface area contributed by atoms with Gasteiger partial charge in [-0.3, -0.25) is 20.4 Å². The Morgan fingerprint density at radius 2 is 2.30 bits per heavy atom. The average molecular weight is 279 g/mol. The Hall–Kier alpha value is -1.92. The number of nitro groups is 1. The van der Waals surface area contributed by atoms with E-state index in [-0.39, 0.29) is 10.6 Å². The number of allylic oxidation sites excluding steroid dienone is 1. The summed E-state index contributed by atoms with van der Waals surface area (Å²) >= 11 is 0. The maximum atomic E-state index is 10.8. The van der Waals surface area contributed by atoms with Crippen LogP contribution in [-0.2, 0) is 4.84 Å². The third kappa shape index (κ3) is 4.64. The zero-order valence-corrected chi connectivity index (χ0v) is 11.9. The summed E-state index contributed by atoms with van der Waals surface area (Å²) in [5.74, 6) is 0. The van der Waals surface area contributed by atoms with Crippen LogP contribution < -0.4 is 11.2 Å². The molecule has 0 saturated carbocycles.